The van der Waals surface area contributed by atoms with E-state index < -0.39 is 0 Å². The lowest BCUT2D eigenvalue weighted by Gasteiger charge is -2.35. The van der Waals surface area contributed by atoms with Crippen molar-refractivity contribution in [3.63, 3.8) is 0 Å². The molecule has 0 saturated heterocycles. The number of fused-ring (bicyclic) bond motifs is 3. The minimum absolute atomic E-state index is 0.0507. The highest BCUT2D eigenvalue weighted by molar-refractivity contribution is 6.01. The number of carbonyl (C=O) groups excluding carboxylic acids is 2. The van der Waals surface area contributed by atoms with Gasteiger partial charge >= 0.3 is 6.03 Å². The number of nitrogens with one attached hydrogen (secondary N) is 1. The molecule has 0 fully saturated rings. The van der Waals surface area contributed by atoms with Crippen molar-refractivity contribution < 1.29 is 19.4 Å². The number of ether oxygens (including phenoxy) is 1. The topological polar surface area (TPSA) is 82.1 Å². The second-order valence-electron chi connectivity index (χ2n) is 10.4. The van der Waals surface area contributed by atoms with E-state index in [1.54, 1.807) is 16.8 Å². The number of hydrogen-bond donors (Lipinski definition) is 2. The third-order valence-corrected chi connectivity index (χ3v) is 7.25. The molecule has 7 nitrogen and oxygen atoms in total. The zero-order valence-electron chi connectivity index (χ0n) is 22.4. The standard InChI is InChI=1S/C29H41N3O4/c1-19(2)22(5)30-29(35)31(6)16-27-20(3)15-32(21(4)17-33)28(34)26-14-10-9-13-25(26)24-12-8-7-11-23(24)18-36-27/h7-14,19-22,27,33H,15-18H2,1-6H3,(H,30,35)/t20-,21+,22+,27+/m1/s1. The van der Waals surface area contributed by atoms with Gasteiger partial charge in [-0.05, 0) is 42.5 Å². The van der Waals surface area contributed by atoms with Gasteiger partial charge in [-0.2, -0.15) is 0 Å². The molecule has 0 aliphatic carbocycles. The molecule has 3 rings (SSSR count). The third kappa shape index (κ3) is 6.45. The van der Waals surface area contributed by atoms with E-state index >= 15 is 0 Å². The first-order valence-electron chi connectivity index (χ1n) is 12.9. The van der Waals surface area contributed by atoms with Crippen molar-refractivity contribution >= 4 is 11.9 Å². The molecule has 0 aromatic heterocycles. The fourth-order valence-corrected chi connectivity index (χ4v) is 4.38. The molecule has 0 radical (unpaired) electrons. The van der Waals surface area contributed by atoms with E-state index in [-0.39, 0.29) is 42.7 Å². The van der Waals surface area contributed by atoms with Crippen LogP contribution in [0.1, 0.15) is 50.5 Å². The van der Waals surface area contributed by atoms with E-state index in [1.807, 2.05) is 69.3 Å². The number of nitrogens with zero attached hydrogens (tertiary/aromatic N) is 2. The number of rotatable bonds is 6. The SMILES string of the molecule is CC(C)[C@H](C)NC(=O)N(C)C[C@@H]1OCc2ccccc2-c2ccccc2C(=O)N([C@@H](C)CO)C[C@H]1C. The number of aliphatic hydroxyl groups excluding tert-OH is 1. The Morgan fingerprint density at radius 2 is 1.69 bits per heavy atom. The summed E-state index contributed by atoms with van der Waals surface area (Å²) in [5.41, 5.74) is 3.39. The van der Waals surface area contributed by atoms with Crippen molar-refractivity contribution in [2.24, 2.45) is 11.8 Å². The summed E-state index contributed by atoms with van der Waals surface area (Å²) in [5, 5.41) is 13.0. The maximum atomic E-state index is 13.8. The predicted octanol–water partition coefficient (Wildman–Crippen LogP) is 4.40. The van der Waals surface area contributed by atoms with Crippen molar-refractivity contribution in [3.05, 3.63) is 59.7 Å². The van der Waals surface area contributed by atoms with Crippen LogP contribution in [0.15, 0.2) is 48.5 Å². The quantitative estimate of drug-likeness (QED) is 0.623. The Hall–Kier alpha value is -2.90. The summed E-state index contributed by atoms with van der Waals surface area (Å²) in [6.07, 6.45) is -0.314. The van der Waals surface area contributed by atoms with Crippen LogP contribution in [0.2, 0.25) is 0 Å². The Bertz CT molecular complexity index is 1040. The molecule has 36 heavy (non-hydrogen) atoms. The van der Waals surface area contributed by atoms with Crippen LogP contribution in [-0.2, 0) is 11.3 Å². The van der Waals surface area contributed by atoms with Crippen molar-refractivity contribution in [2.75, 3.05) is 26.7 Å². The third-order valence-electron chi connectivity index (χ3n) is 7.25. The number of benzene rings is 2. The van der Waals surface area contributed by atoms with Gasteiger partial charge in [-0.1, -0.05) is 63.2 Å². The molecule has 1 aliphatic heterocycles. The Balaban J connectivity index is 1.97. The first-order chi connectivity index (χ1) is 17.1. The minimum Gasteiger partial charge on any atom is -0.394 e. The van der Waals surface area contributed by atoms with E-state index in [2.05, 4.69) is 19.2 Å². The molecular formula is C29H41N3O4. The largest absolute Gasteiger partial charge is 0.394 e. The summed E-state index contributed by atoms with van der Waals surface area (Å²) in [6.45, 7) is 11.0. The second kappa shape index (κ2) is 12.4. The Morgan fingerprint density at radius 1 is 1.08 bits per heavy atom. The normalized spacial score (nSPS) is 20.1. The van der Waals surface area contributed by atoms with Crippen LogP contribution < -0.4 is 5.32 Å². The van der Waals surface area contributed by atoms with Crippen LogP contribution in [0.5, 0.6) is 0 Å². The molecule has 4 atom stereocenters. The van der Waals surface area contributed by atoms with Crippen molar-refractivity contribution in [1.82, 2.24) is 15.1 Å². The van der Waals surface area contributed by atoms with Crippen molar-refractivity contribution in [1.29, 1.82) is 0 Å². The van der Waals surface area contributed by atoms with Gasteiger partial charge in [0.1, 0.15) is 0 Å². The predicted molar refractivity (Wildman–Crippen MR) is 143 cm³/mol. The molecule has 1 aliphatic rings. The zero-order valence-corrected chi connectivity index (χ0v) is 22.4. The molecule has 2 aromatic rings. The molecule has 7 heteroatoms. The Morgan fingerprint density at radius 3 is 2.33 bits per heavy atom. The number of hydrogen-bond acceptors (Lipinski definition) is 4. The summed E-state index contributed by atoms with van der Waals surface area (Å²) >= 11 is 0. The van der Waals surface area contributed by atoms with E-state index in [0.29, 0.717) is 31.2 Å². The monoisotopic (exact) mass is 495 g/mol. The summed E-state index contributed by atoms with van der Waals surface area (Å²) in [4.78, 5) is 30.1. The van der Waals surface area contributed by atoms with Gasteiger partial charge in [0.2, 0.25) is 0 Å². The maximum absolute atomic E-state index is 13.8. The highest BCUT2D eigenvalue weighted by Gasteiger charge is 2.31. The minimum atomic E-state index is -0.363. The van der Waals surface area contributed by atoms with Crippen LogP contribution in [0.3, 0.4) is 0 Å². The van der Waals surface area contributed by atoms with Crippen LogP contribution in [0.25, 0.3) is 11.1 Å². The maximum Gasteiger partial charge on any atom is 0.317 e. The van der Waals surface area contributed by atoms with Crippen molar-refractivity contribution in [3.8, 4) is 11.1 Å². The highest BCUT2D eigenvalue weighted by Crippen LogP contribution is 2.31. The number of carbonyl (C=O) groups is 2. The van der Waals surface area contributed by atoms with E-state index in [0.717, 1.165) is 16.7 Å². The molecule has 3 amide bonds. The van der Waals surface area contributed by atoms with Crippen LogP contribution in [0, 0.1) is 11.8 Å². The lowest BCUT2D eigenvalue weighted by molar-refractivity contribution is -0.0185. The number of urea groups is 1. The summed E-state index contributed by atoms with van der Waals surface area (Å²) in [6, 6.07) is 15.1. The molecule has 0 unspecified atom stereocenters. The highest BCUT2D eigenvalue weighted by atomic mass is 16.5. The number of aliphatic hydroxyl groups is 1. The number of amides is 3. The van der Waals surface area contributed by atoms with Gasteiger partial charge in [0.05, 0.1) is 25.4 Å². The van der Waals surface area contributed by atoms with Gasteiger partial charge in [0.15, 0.2) is 0 Å². The lowest BCUT2D eigenvalue weighted by atomic mass is 9.94. The molecule has 2 N–H and O–H groups in total. The lowest BCUT2D eigenvalue weighted by Crippen LogP contribution is -2.50. The van der Waals surface area contributed by atoms with Gasteiger partial charge in [-0.25, -0.2) is 4.79 Å². The van der Waals surface area contributed by atoms with Crippen LogP contribution >= 0.6 is 0 Å². The fraction of sp³-hybridized carbons (Fsp3) is 0.517. The molecule has 1 heterocycles. The number of likely N-dealkylation sites (N-methyl/N-ethyl adjacent to an activating group) is 1. The summed E-state index contributed by atoms with van der Waals surface area (Å²) < 4.78 is 6.48. The average molecular weight is 496 g/mol. The van der Waals surface area contributed by atoms with Gasteiger partial charge in [-0.15, -0.1) is 0 Å². The smallest absolute Gasteiger partial charge is 0.317 e. The first kappa shape index (κ1) is 27.7. The van der Waals surface area contributed by atoms with E-state index in [1.165, 1.54) is 0 Å². The van der Waals surface area contributed by atoms with Gasteiger partial charge in [0.25, 0.3) is 5.91 Å². The van der Waals surface area contributed by atoms with E-state index in [4.69, 9.17) is 4.74 Å². The first-order valence-corrected chi connectivity index (χ1v) is 12.9. The Labute approximate surface area is 215 Å². The van der Waals surface area contributed by atoms with Gasteiger partial charge in [0, 0.05) is 37.7 Å². The second-order valence-corrected chi connectivity index (χ2v) is 10.4. The van der Waals surface area contributed by atoms with Crippen LogP contribution in [0.4, 0.5) is 4.79 Å². The van der Waals surface area contributed by atoms with Gasteiger partial charge < -0.3 is 25.0 Å². The zero-order chi connectivity index (χ0) is 26.4. The summed E-state index contributed by atoms with van der Waals surface area (Å²) in [5.74, 6) is 0.122. The molecule has 0 bridgehead atoms. The molecule has 2 aromatic carbocycles. The Kier molecular flexibility index (Phi) is 9.51. The van der Waals surface area contributed by atoms with E-state index in [9.17, 15) is 14.7 Å². The van der Waals surface area contributed by atoms with Gasteiger partial charge in [-0.3, -0.25) is 4.79 Å². The molecule has 0 spiro atoms. The fourth-order valence-electron chi connectivity index (χ4n) is 4.38. The summed E-state index contributed by atoms with van der Waals surface area (Å²) in [7, 11) is 1.77. The molecule has 196 valence electrons. The van der Waals surface area contributed by atoms with Crippen LogP contribution in [-0.4, -0.2) is 71.8 Å². The molecule has 0 saturated carbocycles. The average Bonchev–Trinajstić information content (AvgIpc) is 2.89. The molecular weight excluding hydrogens is 454 g/mol. The van der Waals surface area contributed by atoms with Crippen molar-refractivity contribution in [2.45, 2.75) is 59.4 Å².